The Morgan fingerprint density at radius 3 is 2.41 bits per heavy atom. The fourth-order valence-electron chi connectivity index (χ4n) is 3.85. The predicted molar refractivity (Wildman–Crippen MR) is 123 cm³/mol. The third-order valence-corrected chi connectivity index (χ3v) is 6.32. The van der Waals surface area contributed by atoms with Crippen molar-refractivity contribution in [1.82, 2.24) is 4.57 Å². The summed E-state index contributed by atoms with van der Waals surface area (Å²) in [5, 5.41) is 0. The minimum Gasteiger partial charge on any atom is -0.491 e. The van der Waals surface area contributed by atoms with E-state index >= 15 is 0 Å². The van der Waals surface area contributed by atoms with Gasteiger partial charge in [-0.3, -0.25) is 23.9 Å². The molecule has 7 nitrogen and oxygen atoms in total. The van der Waals surface area contributed by atoms with Gasteiger partial charge in [-0.15, -0.1) is 0 Å². The molecular formula is C24H24N2O5S. The standard InChI is InChI=1S/C24H24N2O5S/c1-15(2)31-18-11-9-16(10-12-18)19-13-20(27)26(17-7-5-4-6-8-17)23-22(19)32-24(29)25(23)14-21(28)30-3/h4-12,15,19H,13-14H2,1-3H3. The van der Waals surface area contributed by atoms with Crippen LogP contribution in [0.1, 0.15) is 36.6 Å². The molecule has 0 saturated heterocycles. The van der Waals surface area contributed by atoms with Crippen LogP contribution < -0.4 is 14.5 Å². The van der Waals surface area contributed by atoms with Crippen molar-refractivity contribution in [2.24, 2.45) is 0 Å². The van der Waals surface area contributed by atoms with E-state index in [2.05, 4.69) is 0 Å². The molecule has 1 unspecified atom stereocenters. The molecule has 0 saturated carbocycles. The number of ether oxygens (including phenoxy) is 2. The number of thiazole rings is 1. The van der Waals surface area contributed by atoms with Crippen LogP contribution in [0, 0.1) is 0 Å². The van der Waals surface area contributed by atoms with Crippen LogP contribution >= 0.6 is 11.3 Å². The van der Waals surface area contributed by atoms with Crippen molar-refractivity contribution in [3.05, 3.63) is 74.7 Å². The maximum absolute atomic E-state index is 13.3. The van der Waals surface area contributed by atoms with Gasteiger partial charge in [-0.1, -0.05) is 41.7 Å². The molecule has 0 fully saturated rings. The van der Waals surface area contributed by atoms with E-state index in [0.29, 0.717) is 11.5 Å². The smallest absolute Gasteiger partial charge is 0.325 e. The summed E-state index contributed by atoms with van der Waals surface area (Å²) in [7, 11) is 1.27. The summed E-state index contributed by atoms with van der Waals surface area (Å²) >= 11 is 1.06. The zero-order valence-corrected chi connectivity index (χ0v) is 18.9. The number of esters is 1. The highest BCUT2D eigenvalue weighted by atomic mass is 32.1. The van der Waals surface area contributed by atoms with Gasteiger partial charge in [0, 0.05) is 12.3 Å². The molecule has 0 radical (unpaired) electrons. The molecule has 4 rings (SSSR count). The average Bonchev–Trinajstić information content (AvgIpc) is 3.09. The number of anilines is 2. The predicted octanol–water partition coefficient (Wildman–Crippen LogP) is 4.07. The SMILES string of the molecule is COC(=O)Cn1c2c(sc1=O)C(c1ccc(OC(C)C)cc1)CC(=O)N2c1ccccc1. The Kier molecular flexibility index (Phi) is 6.14. The maximum atomic E-state index is 13.3. The summed E-state index contributed by atoms with van der Waals surface area (Å²) in [6.07, 6.45) is 0.269. The first kappa shape index (κ1) is 21.8. The molecule has 3 aromatic rings. The normalized spacial score (nSPS) is 15.6. The number of fused-ring (bicyclic) bond motifs is 1. The Labute approximate surface area is 189 Å². The van der Waals surface area contributed by atoms with Gasteiger partial charge < -0.3 is 9.47 Å². The van der Waals surface area contributed by atoms with E-state index in [4.69, 9.17) is 9.47 Å². The summed E-state index contributed by atoms with van der Waals surface area (Å²) in [6, 6.07) is 16.7. The summed E-state index contributed by atoms with van der Waals surface area (Å²) in [5.74, 6) is 0.189. The molecule has 0 N–H and O–H groups in total. The fraction of sp³-hybridized carbons (Fsp3) is 0.292. The van der Waals surface area contributed by atoms with Gasteiger partial charge in [-0.2, -0.15) is 0 Å². The Morgan fingerprint density at radius 2 is 1.78 bits per heavy atom. The lowest BCUT2D eigenvalue weighted by molar-refractivity contribution is -0.141. The second-order valence-corrected chi connectivity index (χ2v) is 8.77. The lowest BCUT2D eigenvalue weighted by Gasteiger charge is -2.32. The first-order valence-corrected chi connectivity index (χ1v) is 11.2. The van der Waals surface area contributed by atoms with Crippen LogP contribution in [0.5, 0.6) is 5.75 Å². The molecule has 0 spiro atoms. The summed E-state index contributed by atoms with van der Waals surface area (Å²) in [5.41, 5.74) is 1.56. The van der Waals surface area contributed by atoms with Gasteiger partial charge in [-0.05, 0) is 43.7 Å². The second kappa shape index (κ2) is 9.00. The molecule has 32 heavy (non-hydrogen) atoms. The lowest BCUT2D eigenvalue weighted by atomic mass is 9.90. The Bertz CT molecular complexity index is 1180. The topological polar surface area (TPSA) is 77.8 Å². The highest BCUT2D eigenvalue weighted by molar-refractivity contribution is 7.10. The zero-order valence-electron chi connectivity index (χ0n) is 18.1. The highest BCUT2D eigenvalue weighted by Gasteiger charge is 2.38. The number of hydrogen-bond donors (Lipinski definition) is 0. The van der Waals surface area contributed by atoms with E-state index in [9.17, 15) is 14.4 Å². The third-order valence-electron chi connectivity index (χ3n) is 5.23. The molecule has 2 aromatic carbocycles. The number of hydrogen-bond acceptors (Lipinski definition) is 6. The van der Waals surface area contributed by atoms with E-state index in [1.165, 1.54) is 16.6 Å². The molecule has 1 aliphatic heterocycles. The quantitative estimate of drug-likeness (QED) is 0.527. The highest BCUT2D eigenvalue weighted by Crippen LogP contribution is 2.45. The van der Waals surface area contributed by atoms with E-state index in [0.717, 1.165) is 27.5 Å². The van der Waals surface area contributed by atoms with Crippen LogP contribution in [0.4, 0.5) is 11.5 Å². The summed E-state index contributed by atoms with van der Waals surface area (Å²) < 4.78 is 11.8. The average molecular weight is 453 g/mol. The second-order valence-electron chi connectivity index (χ2n) is 7.78. The summed E-state index contributed by atoms with van der Waals surface area (Å²) in [4.78, 5) is 40.3. The molecule has 8 heteroatoms. The van der Waals surface area contributed by atoms with E-state index in [-0.39, 0.29) is 35.8 Å². The summed E-state index contributed by atoms with van der Waals surface area (Å²) in [6.45, 7) is 3.66. The number of nitrogens with zero attached hydrogens (tertiary/aromatic N) is 2. The first-order valence-electron chi connectivity index (χ1n) is 10.3. The number of benzene rings is 2. The Balaban J connectivity index is 1.83. The number of amides is 1. The molecule has 166 valence electrons. The van der Waals surface area contributed by atoms with Crippen molar-refractivity contribution < 1.29 is 19.1 Å². The van der Waals surface area contributed by atoms with Crippen molar-refractivity contribution in [2.75, 3.05) is 12.0 Å². The third kappa shape index (κ3) is 4.18. The molecular weight excluding hydrogens is 428 g/mol. The van der Waals surface area contributed by atoms with Gasteiger partial charge in [0.15, 0.2) is 0 Å². The zero-order chi connectivity index (χ0) is 22.8. The Morgan fingerprint density at radius 1 is 1.09 bits per heavy atom. The van der Waals surface area contributed by atoms with Gasteiger partial charge in [0.05, 0.1) is 23.8 Å². The number of carbonyl (C=O) groups excluding carboxylic acids is 2. The minimum atomic E-state index is -0.550. The molecule has 0 aliphatic carbocycles. The minimum absolute atomic E-state index is 0.0562. The number of aromatic nitrogens is 1. The Hall–Kier alpha value is -3.39. The lowest BCUT2D eigenvalue weighted by Crippen LogP contribution is -2.36. The monoisotopic (exact) mass is 452 g/mol. The van der Waals surface area contributed by atoms with Crippen molar-refractivity contribution in [1.29, 1.82) is 0 Å². The molecule has 1 amide bonds. The van der Waals surface area contributed by atoms with Crippen LogP contribution in [0.3, 0.4) is 0 Å². The van der Waals surface area contributed by atoms with E-state index < -0.39 is 5.97 Å². The van der Waals surface area contributed by atoms with Gasteiger partial charge in [0.1, 0.15) is 18.1 Å². The van der Waals surface area contributed by atoms with E-state index in [1.54, 1.807) is 0 Å². The van der Waals surface area contributed by atoms with Crippen LogP contribution in [-0.4, -0.2) is 29.7 Å². The maximum Gasteiger partial charge on any atom is 0.325 e. The van der Waals surface area contributed by atoms with Gasteiger partial charge >= 0.3 is 10.8 Å². The van der Waals surface area contributed by atoms with Crippen LogP contribution in [0.15, 0.2) is 59.4 Å². The van der Waals surface area contributed by atoms with Crippen molar-refractivity contribution >= 4 is 34.7 Å². The largest absolute Gasteiger partial charge is 0.491 e. The van der Waals surface area contributed by atoms with Crippen molar-refractivity contribution in [3.8, 4) is 5.75 Å². The molecule has 1 aliphatic rings. The number of rotatable bonds is 6. The van der Waals surface area contributed by atoms with Gasteiger partial charge in [-0.25, -0.2) is 0 Å². The van der Waals surface area contributed by atoms with Crippen LogP contribution in [0.25, 0.3) is 0 Å². The fourth-order valence-corrected chi connectivity index (χ4v) is 4.95. The van der Waals surface area contributed by atoms with Gasteiger partial charge in [0.2, 0.25) is 5.91 Å². The molecule has 1 atom stereocenters. The molecule has 0 bridgehead atoms. The first-order chi connectivity index (χ1) is 15.4. The van der Waals surface area contributed by atoms with E-state index in [1.807, 2.05) is 68.4 Å². The number of methoxy groups -OCH3 is 1. The van der Waals surface area contributed by atoms with Gasteiger partial charge in [0.25, 0.3) is 0 Å². The molecule has 2 heterocycles. The van der Waals surface area contributed by atoms with Crippen LogP contribution in [-0.2, 0) is 20.9 Å². The van der Waals surface area contributed by atoms with Crippen molar-refractivity contribution in [3.63, 3.8) is 0 Å². The molecule has 1 aromatic heterocycles. The number of para-hydroxylation sites is 1. The van der Waals surface area contributed by atoms with Crippen LogP contribution in [0.2, 0.25) is 0 Å². The number of carbonyl (C=O) groups is 2. The van der Waals surface area contributed by atoms with Crippen molar-refractivity contribution in [2.45, 2.75) is 38.8 Å².